The minimum atomic E-state index is -0.0374. The van der Waals surface area contributed by atoms with E-state index in [0.717, 1.165) is 62.9 Å². The van der Waals surface area contributed by atoms with E-state index in [9.17, 15) is 4.79 Å². The van der Waals surface area contributed by atoms with Crippen molar-refractivity contribution in [1.82, 2.24) is 29.9 Å². The number of benzene rings is 1. The first kappa shape index (κ1) is 19.6. The quantitative estimate of drug-likeness (QED) is 0.688. The first-order valence-corrected chi connectivity index (χ1v) is 10.7. The Labute approximate surface area is 181 Å². The number of amides is 2. The van der Waals surface area contributed by atoms with Crippen molar-refractivity contribution < 1.29 is 9.53 Å². The Bertz CT molecular complexity index is 1040. The van der Waals surface area contributed by atoms with Gasteiger partial charge in [-0.1, -0.05) is 18.2 Å². The summed E-state index contributed by atoms with van der Waals surface area (Å²) < 4.78 is 7.31. The number of pyridine rings is 1. The Morgan fingerprint density at radius 2 is 2.00 bits per heavy atom. The van der Waals surface area contributed by atoms with Crippen LogP contribution in [0.5, 0.6) is 5.75 Å². The maximum absolute atomic E-state index is 12.7. The molecule has 2 aliphatic heterocycles. The van der Waals surface area contributed by atoms with Gasteiger partial charge in [0.15, 0.2) is 5.82 Å². The standard InChI is InChI=1S/C23H26N6O2/c30-23(25-16-20-3-1-7-24-22(20)29-9-2-8-26-29)28-12-10-27(11-13-28)17-18-4-5-21-19(15-18)6-14-31-21/h1-5,7-9,15H,6,10-14,16-17H2,(H,25,30). The maximum atomic E-state index is 12.7. The SMILES string of the molecule is O=C(NCc1cccnc1-n1cccn1)N1CCN(Cc2ccc3c(c2)CCO3)CC1. The van der Waals surface area contributed by atoms with Crippen LogP contribution in [0.2, 0.25) is 0 Å². The fourth-order valence-electron chi connectivity index (χ4n) is 4.16. The molecule has 8 heteroatoms. The number of nitrogens with one attached hydrogen (secondary N) is 1. The van der Waals surface area contributed by atoms with Gasteiger partial charge in [0.2, 0.25) is 0 Å². The van der Waals surface area contributed by atoms with Gasteiger partial charge in [-0.25, -0.2) is 14.5 Å². The molecular weight excluding hydrogens is 392 g/mol. The number of carbonyl (C=O) groups excluding carboxylic acids is 1. The molecule has 3 aromatic rings. The summed E-state index contributed by atoms with van der Waals surface area (Å²) in [6, 6.07) is 12.1. The molecule has 2 aromatic heterocycles. The number of ether oxygens (including phenoxy) is 1. The highest BCUT2D eigenvalue weighted by Gasteiger charge is 2.22. The average molecular weight is 419 g/mol. The van der Waals surface area contributed by atoms with Crippen LogP contribution < -0.4 is 10.1 Å². The minimum absolute atomic E-state index is 0.0374. The molecule has 0 unspecified atom stereocenters. The first-order chi connectivity index (χ1) is 15.3. The van der Waals surface area contributed by atoms with Crippen molar-refractivity contribution in [2.24, 2.45) is 0 Å². The van der Waals surface area contributed by atoms with Crippen LogP contribution in [0.15, 0.2) is 55.0 Å². The summed E-state index contributed by atoms with van der Waals surface area (Å²) in [5.41, 5.74) is 3.55. The Hall–Kier alpha value is -3.39. The van der Waals surface area contributed by atoms with Gasteiger partial charge in [-0.15, -0.1) is 0 Å². The molecule has 8 nitrogen and oxygen atoms in total. The topological polar surface area (TPSA) is 75.5 Å². The maximum Gasteiger partial charge on any atom is 0.317 e. The number of hydrogen-bond donors (Lipinski definition) is 1. The Morgan fingerprint density at radius 3 is 2.84 bits per heavy atom. The molecule has 1 N–H and O–H groups in total. The predicted molar refractivity (Wildman–Crippen MR) is 116 cm³/mol. The number of aromatic nitrogens is 3. The van der Waals surface area contributed by atoms with Gasteiger partial charge in [-0.3, -0.25) is 4.90 Å². The van der Waals surface area contributed by atoms with Crippen LogP contribution in [0, 0.1) is 0 Å². The number of urea groups is 1. The minimum Gasteiger partial charge on any atom is -0.493 e. The molecule has 5 rings (SSSR count). The molecular formula is C23H26N6O2. The molecule has 160 valence electrons. The second-order valence-electron chi connectivity index (χ2n) is 7.90. The molecule has 1 fully saturated rings. The normalized spacial score (nSPS) is 16.1. The Kier molecular flexibility index (Phi) is 5.54. The van der Waals surface area contributed by atoms with Crippen LogP contribution in [-0.2, 0) is 19.5 Å². The fraction of sp³-hybridized carbons (Fsp3) is 0.348. The second-order valence-corrected chi connectivity index (χ2v) is 7.90. The van der Waals surface area contributed by atoms with Crippen molar-refractivity contribution in [3.63, 3.8) is 0 Å². The van der Waals surface area contributed by atoms with E-state index in [1.165, 1.54) is 11.1 Å². The van der Waals surface area contributed by atoms with E-state index >= 15 is 0 Å². The van der Waals surface area contributed by atoms with Gasteiger partial charge >= 0.3 is 6.03 Å². The van der Waals surface area contributed by atoms with Crippen LogP contribution in [0.4, 0.5) is 4.79 Å². The Balaban J connectivity index is 1.13. The largest absolute Gasteiger partial charge is 0.493 e. The highest BCUT2D eigenvalue weighted by Crippen LogP contribution is 2.26. The molecule has 0 aliphatic carbocycles. The van der Waals surface area contributed by atoms with E-state index in [1.54, 1.807) is 17.1 Å². The van der Waals surface area contributed by atoms with Crippen molar-refractivity contribution in [2.45, 2.75) is 19.5 Å². The molecule has 2 amide bonds. The number of rotatable bonds is 5. The van der Waals surface area contributed by atoms with Gasteiger partial charge in [-0.2, -0.15) is 5.10 Å². The summed E-state index contributed by atoms with van der Waals surface area (Å²) in [7, 11) is 0. The van der Waals surface area contributed by atoms with Crippen LogP contribution in [0.3, 0.4) is 0 Å². The molecule has 0 bridgehead atoms. The average Bonchev–Trinajstić information content (AvgIpc) is 3.50. The fourth-order valence-corrected chi connectivity index (χ4v) is 4.16. The zero-order valence-corrected chi connectivity index (χ0v) is 17.4. The van der Waals surface area contributed by atoms with E-state index in [1.807, 2.05) is 29.3 Å². The smallest absolute Gasteiger partial charge is 0.317 e. The predicted octanol–water partition coefficient (Wildman–Crippen LogP) is 2.23. The van der Waals surface area contributed by atoms with E-state index < -0.39 is 0 Å². The van der Waals surface area contributed by atoms with E-state index in [4.69, 9.17) is 4.74 Å². The number of nitrogens with zero attached hydrogens (tertiary/aromatic N) is 5. The van der Waals surface area contributed by atoms with Crippen molar-refractivity contribution >= 4 is 6.03 Å². The van der Waals surface area contributed by atoms with Crippen molar-refractivity contribution in [1.29, 1.82) is 0 Å². The lowest BCUT2D eigenvalue weighted by molar-refractivity contribution is 0.135. The third-order valence-electron chi connectivity index (χ3n) is 5.84. The zero-order chi connectivity index (χ0) is 21.0. The third kappa shape index (κ3) is 4.39. The number of hydrogen-bond acceptors (Lipinski definition) is 5. The summed E-state index contributed by atoms with van der Waals surface area (Å²) in [4.78, 5) is 21.4. The Morgan fingerprint density at radius 1 is 1.10 bits per heavy atom. The third-order valence-corrected chi connectivity index (χ3v) is 5.84. The van der Waals surface area contributed by atoms with Gasteiger partial charge in [0, 0.05) is 69.8 Å². The monoisotopic (exact) mass is 418 g/mol. The van der Waals surface area contributed by atoms with Gasteiger partial charge in [0.25, 0.3) is 0 Å². The lowest BCUT2D eigenvalue weighted by Gasteiger charge is -2.34. The summed E-state index contributed by atoms with van der Waals surface area (Å²) in [5.74, 6) is 1.76. The van der Waals surface area contributed by atoms with Gasteiger partial charge in [-0.05, 0) is 29.3 Å². The lowest BCUT2D eigenvalue weighted by atomic mass is 10.1. The van der Waals surface area contributed by atoms with Gasteiger partial charge in [0.1, 0.15) is 5.75 Å². The molecule has 0 atom stereocenters. The second kappa shape index (κ2) is 8.77. The molecule has 2 aliphatic rings. The highest BCUT2D eigenvalue weighted by atomic mass is 16.5. The number of carbonyl (C=O) groups is 1. The van der Waals surface area contributed by atoms with Crippen molar-refractivity contribution in [3.8, 4) is 11.6 Å². The summed E-state index contributed by atoms with van der Waals surface area (Å²) in [6.45, 7) is 5.29. The van der Waals surface area contributed by atoms with Crippen molar-refractivity contribution in [2.75, 3.05) is 32.8 Å². The van der Waals surface area contributed by atoms with Crippen LogP contribution in [-0.4, -0.2) is 63.4 Å². The van der Waals surface area contributed by atoms with Crippen LogP contribution in [0.1, 0.15) is 16.7 Å². The molecule has 0 spiro atoms. The summed E-state index contributed by atoms with van der Waals surface area (Å²) >= 11 is 0. The molecule has 1 saturated heterocycles. The molecule has 0 radical (unpaired) electrons. The van der Waals surface area contributed by atoms with Crippen molar-refractivity contribution in [3.05, 3.63) is 71.7 Å². The lowest BCUT2D eigenvalue weighted by Crippen LogP contribution is -2.51. The van der Waals surface area contributed by atoms with Gasteiger partial charge < -0.3 is 15.0 Å². The molecule has 1 aromatic carbocycles. The first-order valence-electron chi connectivity index (χ1n) is 10.7. The highest BCUT2D eigenvalue weighted by molar-refractivity contribution is 5.74. The number of piperazine rings is 1. The molecule has 0 saturated carbocycles. The summed E-state index contributed by atoms with van der Waals surface area (Å²) in [6.07, 6.45) is 6.29. The summed E-state index contributed by atoms with van der Waals surface area (Å²) in [5, 5.41) is 7.28. The molecule has 31 heavy (non-hydrogen) atoms. The zero-order valence-electron chi connectivity index (χ0n) is 17.4. The van der Waals surface area contributed by atoms with Gasteiger partial charge in [0.05, 0.1) is 6.61 Å². The van der Waals surface area contributed by atoms with E-state index in [2.05, 4.69) is 38.5 Å². The van der Waals surface area contributed by atoms with E-state index in [0.29, 0.717) is 6.54 Å². The van der Waals surface area contributed by atoms with E-state index in [-0.39, 0.29) is 6.03 Å². The van der Waals surface area contributed by atoms with Crippen LogP contribution >= 0.6 is 0 Å². The number of fused-ring (bicyclic) bond motifs is 1. The molecule has 4 heterocycles. The van der Waals surface area contributed by atoms with Crippen LogP contribution in [0.25, 0.3) is 5.82 Å².